The molecule has 298 valence electrons. The predicted octanol–water partition coefficient (Wildman–Crippen LogP) is 16.1. The van der Waals surface area contributed by atoms with Crippen molar-refractivity contribution in [2.45, 2.75) is 270 Å². The zero-order chi connectivity index (χ0) is 36.1. The molecule has 0 aliphatic carbocycles. The molecule has 1 N–H and O–H groups in total. The summed E-state index contributed by atoms with van der Waals surface area (Å²) >= 11 is 0. The van der Waals surface area contributed by atoms with Gasteiger partial charge in [-0.15, -0.1) is 0 Å². The molecule has 0 aliphatic heterocycles. The third kappa shape index (κ3) is 45.2. The molecule has 0 aromatic carbocycles. The molecule has 0 atom stereocenters. The van der Waals surface area contributed by atoms with Crippen LogP contribution in [0.2, 0.25) is 0 Å². The first kappa shape index (κ1) is 49.2. The van der Waals surface area contributed by atoms with Crippen LogP contribution in [0.15, 0.2) is 12.2 Å². The topological polar surface area (TPSA) is 46.5 Å². The molecule has 0 unspecified atom stereocenters. The number of allylic oxidation sites excluding steroid dienone is 2. The van der Waals surface area contributed by atoms with E-state index in [1.165, 1.54) is 231 Å². The zero-order valence-electron chi connectivity index (χ0n) is 34.3. The Bertz CT molecular complexity index is 644. The van der Waals surface area contributed by atoms with Crippen molar-refractivity contribution >= 4 is 5.97 Å². The minimum Gasteiger partial charge on any atom is -0.466 e. The second kappa shape index (κ2) is 46.2. The van der Waals surface area contributed by atoms with E-state index in [2.05, 4.69) is 19.1 Å². The number of aliphatic hydroxyl groups is 1. The van der Waals surface area contributed by atoms with Crippen molar-refractivity contribution in [3.63, 3.8) is 0 Å². The maximum Gasteiger partial charge on any atom is 0.305 e. The lowest BCUT2D eigenvalue weighted by Crippen LogP contribution is -2.05. The number of unbranched alkanes of at least 4 members (excludes halogenated alkanes) is 37. The van der Waals surface area contributed by atoms with Crippen molar-refractivity contribution in [2.24, 2.45) is 0 Å². The molecule has 3 heteroatoms. The van der Waals surface area contributed by atoms with E-state index >= 15 is 0 Å². The van der Waals surface area contributed by atoms with Crippen molar-refractivity contribution in [3.05, 3.63) is 12.2 Å². The summed E-state index contributed by atoms with van der Waals surface area (Å²) in [5, 5.41) is 8.81. The van der Waals surface area contributed by atoms with Crippen molar-refractivity contribution < 1.29 is 14.6 Å². The molecule has 0 saturated carbocycles. The van der Waals surface area contributed by atoms with Crippen molar-refractivity contribution in [1.29, 1.82) is 0 Å². The van der Waals surface area contributed by atoms with Gasteiger partial charge in [-0.05, 0) is 38.5 Å². The Kier molecular flexibility index (Phi) is 45.4. The van der Waals surface area contributed by atoms with E-state index in [1.54, 1.807) is 0 Å². The lowest BCUT2D eigenvalue weighted by Gasteiger charge is -2.06. The highest BCUT2D eigenvalue weighted by atomic mass is 16.5. The number of hydrogen-bond acceptors (Lipinski definition) is 3. The Balaban J connectivity index is 3.13. The van der Waals surface area contributed by atoms with Crippen molar-refractivity contribution in [3.8, 4) is 0 Å². The molecule has 0 bridgehead atoms. The average molecular weight is 705 g/mol. The number of rotatable bonds is 44. The van der Waals surface area contributed by atoms with Gasteiger partial charge in [0.25, 0.3) is 0 Å². The van der Waals surface area contributed by atoms with Crippen LogP contribution in [0, 0.1) is 0 Å². The Hall–Kier alpha value is -0.830. The average Bonchev–Trinajstić information content (AvgIpc) is 3.12. The van der Waals surface area contributed by atoms with Gasteiger partial charge in [0.1, 0.15) is 0 Å². The molecule has 0 amide bonds. The van der Waals surface area contributed by atoms with Gasteiger partial charge in [-0.25, -0.2) is 0 Å². The molecule has 50 heavy (non-hydrogen) atoms. The van der Waals surface area contributed by atoms with Crippen LogP contribution >= 0.6 is 0 Å². The fourth-order valence-corrected chi connectivity index (χ4v) is 7.22. The fraction of sp³-hybridized carbons (Fsp3) is 0.936. The maximum atomic E-state index is 11.9. The van der Waals surface area contributed by atoms with Crippen LogP contribution < -0.4 is 0 Å². The van der Waals surface area contributed by atoms with Crippen LogP contribution in [0.5, 0.6) is 0 Å². The van der Waals surface area contributed by atoms with E-state index in [0.29, 0.717) is 19.6 Å². The monoisotopic (exact) mass is 705 g/mol. The molecular formula is C47H92O3. The first-order valence-electron chi connectivity index (χ1n) is 23.2. The minimum atomic E-state index is 0.0151. The molecule has 0 rings (SSSR count). The number of carbonyl (C=O) groups is 1. The largest absolute Gasteiger partial charge is 0.466 e. The lowest BCUT2D eigenvalue weighted by molar-refractivity contribution is -0.143. The quantitative estimate of drug-likeness (QED) is 0.0390. The van der Waals surface area contributed by atoms with E-state index in [4.69, 9.17) is 9.84 Å². The standard InChI is InChI=1S/C47H92O3/c1-2-3-4-5-6-7-29-32-35-38-41-44-47(49)50-46-43-40-37-34-31-28-26-24-22-20-18-16-14-12-10-8-9-11-13-15-17-19-21-23-25-27-30-33-36-39-42-45-48/h5-6,48H,2-4,7-46H2,1H3. The molecule has 0 aliphatic rings. The SMILES string of the molecule is CCCCC=CCCCCCCCC(=O)OCCCCCCCCCCCCCCCCCCCCCCCCCCCCCCCCCO. The van der Waals surface area contributed by atoms with E-state index in [0.717, 1.165) is 25.7 Å². The molecule has 0 aromatic rings. The molecule has 3 nitrogen and oxygen atoms in total. The van der Waals surface area contributed by atoms with Gasteiger partial charge in [0.15, 0.2) is 0 Å². The van der Waals surface area contributed by atoms with E-state index in [-0.39, 0.29) is 5.97 Å². The summed E-state index contributed by atoms with van der Waals surface area (Å²) in [6, 6.07) is 0. The molecule has 0 fully saturated rings. The van der Waals surface area contributed by atoms with Crippen LogP contribution in [0.1, 0.15) is 270 Å². The zero-order valence-corrected chi connectivity index (χ0v) is 34.3. The van der Waals surface area contributed by atoms with Gasteiger partial charge < -0.3 is 9.84 Å². The van der Waals surface area contributed by atoms with Gasteiger partial charge in [-0.1, -0.05) is 237 Å². The number of esters is 1. The Morgan fingerprint density at radius 3 is 1.00 bits per heavy atom. The van der Waals surface area contributed by atoms with E-state index in [9.17, 15) is 4.79 Å². The van der Waals surface area contributed by atoms with Gasteiger partial charge in [0.05, 0.1) is 6.61 Å². The van der Waals surface area contributed by atoms with Crippen LogP contribution in [0.4, 0.5) is 0 Å². The third-order valence-corrected chi connectivity index (χ3v) is 10.7. The van der Waals surface area contributed by atoms with Gasteiger partial charge >= 0.3 is 5.97 Å². The normalized spacial score (nSPS) is 11.6. The smallest absolute Gasteiger partial charge is 0.305 e. The molecular weight excluding hydrogens is 613 g/mol. The highest BCUT2D eigenvalue weighted by Gasteiger charge is 2.03. The van der Waals surface area contributed by atoms with Gasteiger partial charge in [0, 0.05) is 13.0 Å². The number of ether oxygens (including phenoxy) is 1. The van der Waals surface area contributed by atoms with Crippen LogP contribution in [-0.2, 0) is 9.53 Å². The predicted molar refractivity (Wildman–Crippen MR) is 222 cm³/mol. The Morgan fingerprint density at radius 2 is 0.660 bits per heavy atom. The number of hydrogen-bond donors (Lipinski definition) is 1. The highest BCUT2D eigenvalue weighted by molar-refractivity contribution is 5.69. The van der Waals surface area contributed by atoms with Crippen molar-refractivity contribution in [2.75, 3.05) is 13.2 Å². The summed E-state index contributed by atoms with van der Waals surface area (Å²) in [5.41, 5.74) is 0. The molecule has 0 heterocycles. The first-order chi connectivity index (χ1) is 24.8. The summed E-state index contributed by atoms with van der Waals surface area (Å²) in [5.74, 6) is 0.0151. The van der Waals surface area contributed by atoms with Crippen LogP contribution in [-0.4, -0.2) is 24.3 Å². The van der Waals surface area contributed by atoms with E-state index < -0.39 is 0 Å². The summed E-state index contributed by atoms with van der Waals surface area (Å²) in [4.78, 5) is 11.9. The van der Waals surface area contributed by atoms with Gasteiger partial charge in [-0.3, -0.25) is 4.79 Å². The number of aliphatic hydroxyl groups excluding tert-OH is 1. The molecule has 0 saturated heterocycles. The van der Waals surface area contributed by atoms with Gasteiger partial charge in [0.2, 0.25) is 0 Å². The molecule has 0 spiro atoms. The summed E-state index contributed by atoms with van der Waals surface area (Å²) < 4.78 is 5.45. The Labute approximate surface area is 315 Å². The third-order valence-electron chi connectivity index (χ3n) is 10.7. The highest BCUT2D eigenvalue weighted by Crippen LogP contribution is 2.17. The fourth-order valence-electron chi connectivity index (χ4n) is 7.22. The summed E-state index contributed by atoms with van der Waals surface area (Å²) in [6.45, 7) is 3.24. The Morgan fingerprint density at radius 1 is 0.380 bits per heavy atom. The van der Waals surface area contributed by atoms with Crippen LogP contribution in [0.25, 0.3) is 0 Å². The summed E-state index contributed by atoms with van der Waals surface area (Å²) in [7, 11) is 0. The second-order valence-electron chi connectivity index (χ2n) is 15.8. The minimum absolute atomic E-state index is 0.0151. The second-order valence-corrected chi connectivity index (χ2v) is 15.8. The van der Waals surface area contributed by atoms with Crippen LogP contribution in [0.3, 0.4) is 0 Å². The van der Waals surface area contributed by atoms with Gasteiger partial charge in [-0.2, -0.15) is 0 Å². The maximum absolute atomic E-state index is 11.9. The van der Waals surface area contributed by atoms with E-state index in [1.807, 2.05) is 0 Å². The molecule has 0 aromatic heterocycles. The first-order valence-corrected chi connectivity index (χ1v) is 23.2. The number of carbonyl (C=O) groups excluding carboxylic acids is 1. The lowest BCUT2D eigenvalue weighted by atomic mass is 10.0. The van der Waals surface area contributed by atoms with Crippen molar-refractivity contribution in [1.82, 2.24) is 0 Å². The summed E-state index contributed by atoms with van der Waals surface area (Å²) in [6.07, 6.45) is 59.2. The molecule has 0 radical (unpaired) electrons.